The quantitative estimate of drug-likeness (QED) is 0.486. The fraction of sp³-hybridized carbons (Fsp3) is 0.158. The zero-order valence-corrected chi connectivity index (χ0v) is 17.9. The molecule has 0 saturated heterocycles. The van der Waals surface area contributed by atoms with Crippen molar-refractivity contribution in [2.75, 3.05) is 18.5 Å². The summed E-state index contributed by atoms with van der Waals surface area (Å²) in [5.74, 6) is -1.49. The molecule has 2 aromatic rings. The van der Waals surface area contributed by atoms with Crippen LogP contribution in [0.15, 0.2) is 68.9 Å². The lowest BCUT2D eigenvalue weighted by Crippen LogP contribution is -2.34. The molecule has 4 N–H and O–H groups in total. The summed E-state index contributed by atoms with van der Waals surface area (Å²) in [4.78, 5) is 24.4. The average Bonchev–Trinajstić information content (AvgIpc) is 2.95. The molecule has 164 valence electrons. The molecule has 2 aromatic carbocycles. The van der Waals surface area contributed by atoms with E-state index in [0.717, 1.165) is 34.7 Å². The van der Waals surface area contributed by atoms with Crippen molar-refractivity contribution < 1.29 is 31.5 Å². The van der Waals surface area contributed by atoms with Gasteiger partial charge in [-0.05, 0) is 37.3 Å². The number of carbonyl (C=O) groups is 2. The predicted octanol–water partition coefficient (Wildman–Crippen LogP) is 0.132. The Labute approximate surface area is 179 Å². The molecule has 3 rings (SSSR count). The number of sulfone groups is 1. The third-order valence-electron chi connectivity index (χ3n) is 4.50. The average molecular weight is 466 g/mol. The third-order valence-corrected chi connectivity index (χ3v) is 7.24. The first kappa shape index (κ1) is 22.6. The molecule has 1 aliphatic heterocycles. The summed E-state index contributed by atoms with van der Waals surface area (Å²) in [6, 6.07) is 9.08. The molecule has 0 atom stereocenters. The number of primary sulfonamides is 1. The first-order valence-corrected chi connectivity index (χ1v) is 11.9. The molecule has 0 radical (unpaired) electrons. The van der Waals surface area contributed by atoms with Crippen molar-refractivity contribution in [3.8, 4) is 0 Å². The smallest absolute Gasteiger partial charge is 0.277 e. The second kappa shape index (κ2) is 8.23. The number of β-amino-alcohol motifs (C(OH)–C–C–N with tert-alkyl or cyclic N) is 1. The van der Waals surface area contributed by atoms with Crippen molar-refractivity contribution in [3.05, 3.63) is 59.8 Å². The molecular formula is C19H19N3O7S2. The number of nitrogens with one attached hydrogen (secondary N) is 1. The van der Waals surface area contributed by atoms with Crippen molar-refractivity contribution >= 4 is 37.4 Å². The maximum Gasteiger partial charge on any atom is 0.277 e. The highest BCUT2D eigenvalue weighted by molar-refractivity contribution is 7.91. The number of carbonyl (C=O) groups excluding carboxylic acids is 2. The number of nitrogens with zero attached hydrogens (tertiary/aromatic N) is 1. The van der Waals surface area contributed by atoms with Gasteiger partial charge in [0.15, 0.2) is 0 Å². The zero-order valence-electron chi connectivity index (χ0n) is 16.3. The summed E-state index contributed by atoms with van der Waals surface area (Å²) in [6.07, 6.45) is 0.934. The lowest BCUT2D eigenvalue weighted by atomic mass is 10.2. The maximum atomic E-state index is 13.2. The lowest BCUT2D eigenvalue weighted by molar-refractivity contribution is -0.137. The Balaban J connectivity index is 2.12. The molecule has 1 aliphatic rings. The van der Waals surface area contributed by atoms with Crippen LogP contribution in [-0.4, -0.2) is 51.8 Å². The second-order valence-electron chi connectivity index (χ2n) is 6.72. The number of imide groups is 1. The van der Waals surface area contributed by atoms with Gasteiger partial charge in [0, 0.05) is 6.08 Å². The van der Waals surface area contributed by atoms with Gasteiger partial charge in [-0.3, -0.25) is 14.5 Å². The molecule has 2 amide bonds. The number of anilines is 1. The molecule has 0 aliphatic carbocycles. The Hall–Kier alpha value is -3.06. The summed E-state index contributed by atoms with van der Waals surface area (Å²) in [5.41, 5.74) is 0.321. The highest BCUT2D eigenvalue weighted by atomic mass is 32.2. The standard InChI is InChI=1S/C19H19N3O7S2/c1-12-2-4-13(5-3-12)30(26,27)17-7-6-14(31(20,28)29)10-15(17)21-16-11-18(24)22(8-9-23)19(16)25/h2-7,10-11,21,23H,8-9H2,1H3,(H2,20,28,29). The number of amides is 2. The number of aliphatic hydroxyl groups is 1. The van der Waals surface area contributed by atoms with Gasteiger partial charge in [-0.1, -0.05) is 17.7 Å². The van der Waals surface area contributed by atoms with Crippen LogP contribution in [0.25, 0.3) is 0 Å². The van der Waals surface area contributed by atoms with Crippen LogP contribution in [-0.2, 0) is 29.4 Å². The maximum absolute atomic E-state index is 13.2. The van der Waals surface area contributed by atoms with Crippen LogP contribution in [0.1, 0.15) is 5.56 Å². The minimum Gasteiger partial charge on any atom is -0.395 e. The summed E-state index contributed by atoms with van der Waals surface area (Å²) in [6.45, 7) is 1.09. The highest BCUT2D eigenvalue weighted by Crippen LogP contribution is 2.31. The molecule has 12 heteroatoms. The van der Waals surface area contributed by atoms with Crippen LogP contribution < -0.4 is 10.5 Å². The molecular weight excluding hydrogens is 446 g/mol. The Morgan fingerprint density at radius 2 is 1.61 bits per heavy atom. The van der Waals surface area contributed by atoms with E-state index in [1.165, 1.54) is 12.1 Å². The van der Waals surface area contributed by atoms with Gasteiger partial charge in [0.2, 0.25) is 19.9 Å². The fourth-order valence-electron chi connectivity index (χ4n) is 2.92. The van der Waals surface area contributed by atoms with Gasteiger partial charge in [-0.25, -0.2) is 22.0 Å². The van der Waals surface area contributed by atoms with Crippen LogP contribution >= 0.6 is 0 Å². The van der Waals surface area contributed by atoms with E-state index in [4.69, 9.17) is 10.2 Å². The van der Waals surface area contributed by atoms with Crippen molar-refractivity contribution in [1.29, 1.82) is 0 Å². The zero-order chi connectivity index (χ0) is 23.0. The van der Waals surface area contributed by atoms with Gasteiger partial charge in [-0.2, -0.15) is 0 Å². The second-order valence-corrected chi connectivity index (χ2v) is 10.2. The topological polar surface area (TPSA) is 164 Å². The van der Waals surface area contributed by atoms with E-state index in [9.17, 15) is 26.4 Å². The van der Waals surface area contributed by atoms with Crippen LogP contribution in [0.4, 0.5) is 5.69 Å². The number of sulfonamides is 1. The fourth-order valence-corrected chi connectivity index (χ4v) is 4.85. The predicted molar refractivity (Wildman–Crippen MR) is 110 cm³/mol. The molecule has 0 spiro atoms. The van der Waals surface area contributed by atoms with E-state index in [0.29, 0.717) is 0 Å². The molecule has 0 saturated carbocycles. The Morgan fingerprint density at radius 1 is 1.00 bits per heavy atom. The van der Waals surface area contributed by atoms with Gasteiger partial charge >= 0.3 is 0 Å². The molecule has 10 nitrogen and oxygen atoms in total. The summed E-state index contributed by atoms with van der Waals surface area (Å²) in [7, 11) is -8.30. The van der Waals surface area contributed by atoms with Crippen LogP contribution in [0.3, 0.4) is 0 Å². The highest BCUT2D eigenvalue weighted by Gasteiger charge is 2.32. The molecule has 0 unspecified atom stereocenters. The number of aliphatic hydroxyl groups excluding tert-OH is 1. The van der Waals surface area contributed by atoms with E-state index >= 15 is 0 Å². The number of hydrogen-bond acceptors (Lipinski definition) is 8. The Bertz CT molecular complexity index is 1300. The SMILES string of the molecule is Cc1ccc(S(=O)(=O)c2ccc(S(N)(=O)=O)cc2NC2=CC(=O)N(CCO)C2=O)cc1. The van der Waals surface area contributed by atoms with Gasteiger partial charge < -0.3 is 10.4 Å². The van der Waals surface area contributed by atoms with Gasteiger partial charge in [0.25, 0.3) is 11.8 Å². The van der Waals surface area contributed by atoms with Gasteiger partial charge in [0.1, 0.15) is 5.70 Å². The first-order chi connectivity index (χ1) is 14.4. The largest absolute Gasteiger partial charge is 0.395 e. The Morgan fingerprint density at radius 3 is 2.19 bits per heavy atom. The van der Waals surface area contributed by atoms with Crippen molar-refractivity contribution in [2.24, 2.45) is 5.14 Å². The van der Waals surface area contributed by atoms with Crippen LogP contribution in [0.2, 0.25) is 0 Å². The van der Waals surface area contributed by atoms with Gasteiger partial charge in [0.05, 0.1) is 33.5 Å². The molecule has 31 heavy (non-hydrogen) atoms. The number of benzene rings is 2. The van der Waals surface area contributed by atoms with Crippen LogP contribution in [0, 0.1) is 6.92 Å². The van der Waals surface area contributed by atoms with E-state index in [-0.39, 0.29) is 32.6 Å². The van der Waals surface area contributed by atoms with E-state index < -0.39 is 38.3 Å². The van der Waals surface area contributed by atoms with E-state index in [1.54, 1.807) is 19.1 Å². The van der Waals surface area contributed by atoms with Crippen molar-refractivity contribution in [1.82, 2.24) is 4.90 Å². The lowest BCUT2D eigenvalue weighted by Gasteiger charge is -2.16. The van der Waals surface area contributed by atoms with E-state index in [1.807, 2.05) is 0 Å². The first-order valence-electron chi connectivity index (χ1n) is 8.89. The molecule has 0 aromatic heterocycles. The molecule has 0 fully saturated rings. The van der Waals surface area contributed by atoms with Crippen molar-refractivity contribution in [2.45, 2.75) is 21.6 Å². The Kier molecular flexibility index (Phi) is 6.00. The number of hydrogen-bond donors (Lipinski definition) is 3. The van der Waals surface area contributed by atoms with Crippen molar-refractivity contribution in [3.63, 3.8) is 0 Å². The molecule has 0 bridgehead atoms. The third kappa shape index (κ3) is 4.51. The monoisotopic (exact) mass is 465 g/mol. The van der Waals surface area contributed by atoms with Gasteiger partial charge in [-0.15, -0.1) is 0 Å². The summed E-state index contributed by atoms with van der Waals surface area (Å²) >= 11 is 0. The minimum atomic E-state index is -4.18. The normalized spacial score (nSPS) is 14.7. The number of aryl methyl sites for hydroxylation is 1. The summed E-state index contributed by atoms with van der Waals surface area (Å²) in [5, 5.41) is 16.7. The van der Waals surface area contributed by atoms with E-state index in [2.05, 4.69) is 5.32 Å². The summed E-state index contributed by atoms with van der Waals surface area (Å²) < 4.78 is 49.9. The van der Waals surface area contributed by atoms with Crippen LogP contribution in [0.5, 0.6) is 0 Å². The number of nitrogens with two attached hydrogens (primary N) is 1. The minimum absolute atomic E-state index is 0.0470. The number of rotatable bonds is 7. The molecule has 1 heterocycles.